The van der Waals surface area contributed by atoms with Crippen molar-refractivity contribution in [1.29, 1.82) is 0 Å². The molecule has 1 aliphatic carbocycles. The van der Waals surface area contributed by atoms with Crippen LogP contribution >= 0.6 is 11.3 Å². The van der Waals surface area contributed by atoms with Crippen LogP contribution in [-0.4, -0.2) is 39.2 Å². The Morgan fingerprint density at radius 3 is 2.36 bits per heavy atom. The summed E-state index contributed by atoms with van der Waals surface area (Å²) in [4.78, 5) is 43.2. The van der Waals surface area contributed by atoms with Crippen molar-refractivity contribution in [2.75, 3.05) is 0 Å². The Balaban J connectivity index is 1.73. The lowest BCUT2D eigenvalue weighted by Gasteiger charge is -2.37. The highest BCUT2D eigenvalue weighted by atomic mass is 32.1. The maximum Gasteiger partial charge on any atom is 0.330 e. The number of ketones is 1. The maximum atomic E-state index is 14.1. The summed E-state index contributed by atoms with van der Waals surface area (Å²) in [6.45, 7) is 5.29. The summed E-state index contributed by atoms with van der Waals surface area (Å²) < 4.78 is 5.73. The molecule has 4 atom stereocenters. The van der Waals surface area contributed by atoms with Gasteiger partial charge in [-0.15, -0.1) is 11.3 Å². The summed E-state index contributed by atoms with van der Waals surface area (Å²) in [5.74, 6) is -2.58. The van der Waals surface area contributed by atoms with Crippen LogP contribution in [0.2, 0.25) is 0 Å². The highest BCUT2D eigenvalue weighted by molar-refractivity contribution is 7.10. The Labute approximate surface area is 214 Å². The molecule has 3 heterocycles. The zero-order chi connectivity index (χ0) is 25.6. The molecule has 0 bridgehead atoms. The van der Waals surface area contributed by atoms with Crippen molar-refractivity contribution in [2.24, 2.45) is 11.8 Å². The molecule has 1 aliphatic heterocycles. The van der Waals surface area contributed by atoms with Crippen molar-refractivity contribution in [3.05, 3.63) is 87.5 Å². The van der Waals surface area contributed by atoms with Crippen molar-refractivity contribution < 1.29 is 23.9 Å². The Morgan fingerprint density at radius 2 is 1.81 bits per heavy atom. The number of carbonyl (C=O) groups excluding carboxylic acids is 2. The Hall–Kier alpha value is -3.45. The monoisotopic (exact) mass is 503 g/mol. The first kappa shape index (κ1) is 24.3. The van der Waals surface area contributed by atoms with Crippen LogP contribution in [0.3, 0.4) is 0 Å². The van der Waals surface area contributed by atoms with Gasteiger partial charge in [-0.25, -0.2) is 4.79 Å². The van der Waals surface area contributed by atoms with Crippen molar-refractivity contribution in [2.45, 2.75) is 51.1 Å². The maximum absolute atomic E-state index is 14.1. The fourth-order valence-corrected chi connectivity index (χ4v) is 6.64. The van der Waals surface area contributed by atoms with Crippen LogP contribution in [0.5, 0.6) is 0 Å². The fraction of sp³-hybridized carbons (Fsp3) is 0.345. The fourth-order valence-electron chi connectivity index (χ4n) is 5.44. The van der Waals surface area contributed by atoms with Gasteiger partial charge in [0.1, 0.15) is 11.3 Å². The summed E-state index contributed by atoms with van der Waals surface area (Å²) >= 11 is 1.43. The number of amides is 1. The van der Waals surface area contributed by atoms with Gasteiger partial charge in [0.05, 0.1) is 12.0 Å². The lowest BCUT2D eigenvalue weighted by atomic mass is 9.75. The van der Waals surface area contributed by atoms with Gasteiger partial charge in [0.15, 0.2) is 5.76 Å². The number of rotatable bonds is 7. The van der Waals surface area contributed by atoms with E-state index in [-0.39, 0.29) is 23.4 Å². The molecule has 0 spiro atoms. The van der Waals surface area contributed by atoms with Crippen molar-refractivity contribution in [3.63, 3.8) is 0 Å². The van der Waals surface area contributed by atoms with Crippen LogP contribution in [0.25, 0.3) is 6.08 Å². The van der Waals surface area contributed by atoms with Crippen LogP contribution in [0.4, 0.5) is 0 Å². The smallest absolute Gasteiger partial charge is 0.330 e. The zero-order valence-corrected chi connectivity index (χ0v) is 21.3. The molecular weight excluding hydrogens is 474 g/mol. The molecule has 1 saturated carbocycles. The van der Waals surface area contributed by atoms with E-state index in [1.54, 1.807) is 26.0 Å². The molecule has 5 rings (SSSR count). The van der Waals surface area contributed by atoms with E-state index in [1.807, 2.05) is 60.9 Å². The summed E-state index contributed by atoms with van der Waals surface area (Å²) in [5.41, 5.74) is 0.213. The van der Waals surface area contributed by atoms with Gasteiger partial charge in [-0.1, -0.05) is 42.5 Å². The molecule has 1 saturated heterocycles. The molecule has 2 aliphatic rings. The number of nitrogens with zero attached hydrogens (tertiary/aromatic N) is 1. The van der Waals surface area contributed by atoms with Gasteiger partial charge in [-0.2, -0.15) is 0 Å². The summed E-state index contributed by atoms with van der Waals surface area (Å²) in [6.07, 6.45) is 5.17. The van der Waals surface area contributed by atoms with E-state index >= 15 is 0 Å². The minimum absolute atomic E-state index is 0.184. The van der Waals surface area contributed by atoms with Gasteiger partial charge < -0.3 is 14.4 Å². The van der Waals surface area contributed by atoms with Crippen LogP contribution in [0.15, 0.2) is 64.4 Å². The van der Waals surface area contributed by atoms with Gasteiger partial charge in [-0.3, -0.25) is 9.59 Å². The number of carboxylic acid groups (broad SMARTS) is 1. The van der Waals surface area contributed by atoms with Gasteiger partial charge in [0.25, 0.3) is 0 Å². The van der Waals surface area contributed by atoms with E-state index in [9.17, 15) is 19.5 Å². The molecule has 7 heteroatoms. The zero-order valence-electron chi connectivity index (χ0n) is 20.5. The lowest BCUT2D eigenvalue weighted by Crippen LogP contribution is -2.56. The minimum Gasteiger partial charge on any atom is -0.479 e. The van der Waals surface area contributed by atoms with Crippen molar-refractivity contribution >= 4 is 35.1 Å². The standard InChI is InChI=1S/C29H29NO5S/c1-17-15-16-36-26(17)24-23(25(31)22-14-9-18(2)35-22)21(13-10-19-7-5-4-6-8-19)30(27(32)20-11-12-20)29(24,3)28(33)34/h4-10,13-16,20-21,23-24H,11-12H2,1-3H3,(H,33,34). The van der Waals surface area contributed by atoms with Crippen molar-refractivity contribution in [1.82, 2.24) is 4.90 Å². The second-order valence-corrected chi connectivity index (χ2v) is 10.9. The first-order valence-corrected chi connectivity index (χ1v) is 13.1. The number of benzene rings is 1. The largest absolute Gasteiger partial charge is 0.479 e. The average Bonchev–Trinajstić information content (AvgIpc) is 3.40. The Kier molecular flexibility index (Phi) is 6.20. The van der Waals surface area contributed by atoms with Crippen LogP contribution in [-0.2, 0) is 9.59 Å². The number of hydrogen-bond donors (Lipinski definition) is 1. The van der Waals surface area contributed by atoms with Gasteiger partial charge in [0.2, 0.25) is 11.7 Å². The number of Topliss-reactive ketones (excluding diaryl/α,β-unsaturated/α-hetero) is 1. The normalized spacial score (nSPS) is 26.0. The molecule has 6 nitrogen and oxygen atoms in total. The number of carboxylic acids is 1. The molecule has 1 aromatic carbocycles. The Morgan fingerprint density at radius 1 is 1.08 bits per heavy atom. The van der Waals surface area contributed by atoms with Gasteiger partial charge in [0, 0.05) is 16.7 Å². The summed E-state index contributed by atoms with van der Waals surface area (Å²) in [6, 6.07) is 14.2. The summed E-state index contributed by atoms with van der Waals surface area (Å²) in [7, 11) is 0. The highest BCUT2D eigenvalue weighted by Crippen LogP contribution is 2.54. The molecule has 2 aromatic heterocycles. The van der Waals surface area contributed by atoms with E-state index in [0.717, 1.165) is 28.8 Å². The van der Waals surface area contributed by atoms with E-state index in [0.29, 0.717) is 5.76 Å². The van der Waals surface area contributed by atoms with Crippen LogP contribution in [0, 0.1) is 25.7 Å². The molecule has 2 fully saturated rings. The molecule has 186 valence electrons. The molecule has 1 amide bonds. The number of furan rings is 1. The van der Waals surface area contributed by atoms with E-state index < -0.39 is 29.4 Å². The lowest BCUT2D eigenvalue weighted by molar-refractivity contribution is -0.157. The molecule has 1 N–H and O–H groups in total. The third-order valence-electron chi connectivity index (χ3n) is 7.48. The van der Waals surface area contributed by atoms with E-state index in [4.69, 9.17) is 4.42 Å². The first-order chi connectivity index (χ1) is 17.2. The van der Waals surface area contributed by atoms with E-state index in [2.05, 4.69) is 0 Å². The highest BCUT2D eigenvalue weighted by Gasteiger charge is 2.65. The topological polar surface area (TPSA) is 87.8 Å². The third-order valence-corrected chi connectivity index (χ3v) is 8.59. The molecule has 0 radical (unpaired) electrons. The Bertz CT molecular complexity index is 1330. The molecule has 4 unspecified atom stereocenters. The number of hydrogen-bond acceptors (Lipinski definition) is 5. The van der Waals surface area contributed by atoms with Crippen molar-refractivity contribution in [3.8, 4) is 0 Å². The first-order valence-electron chi connectivity index (χ1n) is 12.2. The molecule has 36 heavy (non-hydrogen) atoms. The quantitative estimate of drug-likeness (QED) is 0.417. The number of aliphatic carboxylic acids is 1. The number of likely N-dealkylation sites (tertiary alicyclic amines) is 1. The van der Waals surface area contributed by atoms with Gasteiger partial charge >= 0.3 is 5.97 Å². The predicted octanol–water partition coefficient (Wildman–Crippen LogP) is 5.72. The SMILES string of the molecule is Cc1ccc(C(=O)C2C(C=Cc3ccccc3)N(C(=O)C3CC3)C(C)(C(=O)O)C2c2sccc2C)o1. The number of thiophene rings is 1. The number of carbonyl (C=O) groups is 3. The number of aryl methyl sites for hydroxylation is 2. The molecular formula is C29H29NO5S. The second kappa shape index (κ2) is 9.21. The average molecular weight is 504 g/mol. The minimum atomic E-state index is -1.61. The van der Waals surface area contributed by atoms with Gasteiger partial charge in [-0.05, 0) is 68.3 Å². The molecule has 3 aromatic rings. The second-order valence-electron chi connectivity index (χ2n) is 9.94. The third kappa shape index (κ3) is 4.01. The summed E-state index contributed by atoms with van der Waals surface area (Å²) in [5, 5.41) is 12.6. The van der Waals surface area contributed by atoms with Crippen LogP contribution < -0.4 is 0 Å². The predicted molar refractivity (Wildman–Crippen MR) is 138 cm³/mol. The van der Waals surface area contributed by atoms with E-state index in [1.165, 1.54) is 16.2 Å². The van der Waals surface area contributed by atoms with Crippen LogP contribution in [0.1, 0.15) is 58.0 Å².